The Morgan fingerprint density at radius 1 is 1.13 bits per heavy atom. The number of hydrogen-bond acceptors (Lipinski definition) is 6. The van der Waals surface area contributed by atoms with E-state index in [0.29, 0.717) is 6.04 Å². The summed E-state index contributed by atoms with van der Waals surface area (Å²) in [5.74, 6) is 1.94. The predicted molar refractivity (Wildman–Crippen MR) is 124 cm³/mol. The fourth-order valence-corrected chi connectivity index (χ4v) is 4.48. The molecule has 3 heterocycles. The van der Waals surface area contributed by atoms with Gasteiger partial charge < -0.3 is 9.80 Å². The van der Waals surface area contributed by atoms with Crippen LogP contribution in [0.5, 0.6) is 0 Å². The number of aromatic nitrogens is 3. The summed E-state index contributed by atoms with van der Waals surface area (Å²) in [6.45, 7) is 14.3. The number of nitrogens with zero attached hydrogens (tertiary/aromatic N) is 6. The summed E-state index contributed by atoms with van der Waals surface area (Å²) in [6, 6.07) is 6.89. The molecule has 164 valence electrons. The molecule has 30 heavy (non-hydrogen) atoms. The summed E-state index contributed by atoms with van der Waals surface area (Å²) in [6.07, 6.45) is 5.49. The van der Waals surface area contributed by atoms with Gasteiger partial charge in [-0.05, 0) is 51.4 Å². The summed E-state index contributed by atoms with van der Waals surface area (Å²) >= 11 is 0. The SMILES string of the molecule is CC.CCN(Cc1cc(N2CCN(C)CC2)nc(C)n1)C1CCCc2cccnc21. The largest absolute Gasteiger partial charge is 0.354 e. The highest BCUT2D eigenvalue weighted by Crippen LogP contribution is 2.33. The normalized spacial score (nSPS) is 19.3. The average molecular weight is 411 g/mol. The van der Waals surface area contributed by atoms with Gasteiger partial charge in [-0.15, -0.1) is 0 Å². The lowest BCUT2D eigenvalue weighted by atomic mass is 9.90. The van der Waals surface area contributed by atoms with Gasteiger partial charge in [0.15, 0.2) is 0 Å². The fraction of sp³-hybridized carbons (Fsp3) is 0.625. The molecule has 1 aliphatic heterocycles. The Kier molecular flexibility index (Phi) is 8.16. The van der Waals surface area contributed by atoms with Crippen molar-refractivity contribution in [2.75, 3.05) is 44.7 Å². The van der Waals surface area contributed by atoms with Gasteiger partial charge in [-0.25, -0.2) is 9.97 Å². The minimum atomic E-state index is 0.386. The van der Waals surface area contributed by atoms with Gasteiger partial charge in [0.25, 0.3) is 0 Å². The lowest BCUT2D eigenvalue weighted by Crippen LogP contribution is -2.45. The molecule has 0 aromatic carbocycles. The van der Waals surface area contributed by atoms with E-state index in [1.807, 2.05) is 27.0 Å². The average Bonchev–Trinajstić information content (AvgIpc) is 2.78. The summed E-state index contributed by atoms with van der Waals surface area (Å²) in [7, 11) is 2.18. The predicted octanol–water partition coefficient (Wildman–Crippen LogP) is 3.86. The molecule has 4 rings (SSSR count). The van der Waals surface area contributed by atoms with Crippen LogP contribution in [0.1, 0.15) is 62.4 Å². The molecule has 1 aliphatic carbocycles. The summed E-state index contributed by atoms with van der Waals surface area (Å²) in [5, 5.41) is 0. The van der Waals surface area contributed by atoms with E-state index in [0.717, 1.165) is 63.0 Å². The molecule has 0 N–H and O–H groups in total. The third-order valence-electron chi connectivity index (χ3n) is 6.08. The number of anilines is 1. The van der Waals surface area contributed by atoms with Gasteiger partial charge in [0.05, 0.1) is 17.4 Å². The Balaban J connectivity index is 0.00000124. The highest BCUT2D eigenvalue weighted by atomic mass is 15.3. The maximum atomic E-state index is 4.77. The van der Waals surface area contributed by atoms with Gasteiger partial charge >= 0.3 is 0 Å². The quantitative estimate of drug-likeness (QED) is 0.746. The first-order chi connectivity index (χ1) is 14.6. The lowest BCUT2D eigenvalue weighted by Gasteiger charge is -2.35. The zero-order valence-corrected chi connectivity index (χ0v) is 19.4. The second-order valence-corrected chi connectivity index (χ2v) is 8.07. The first-order valence-electron chi connectivity index (χ1n) is 11.6. The van der Waals surface area contributed by atoms with Crippen molar-refractivity contribution in [3.05, 3.63) is 47.2 Å². The molecule has 1 unspecified atom stereocenters. The molecule has 0 spiro atoms. The first-order valence-corrected chi connectivity index (χ1v) is 11.6. The summed E-state index contributed by atoms with van der Waals surface area (Å²) in [5.41, 5.74) is 3.79. The van der Waals surface area contributed by atoms with Crippen molar-refractivity contribution in [1.29, 1.82) is 0 Å². The van der Waals surface area contributed by atoms with Crippen LogP contribution in [0, 0.1) is 6.92 Å². The van der Waals surface area contributed by atoms with E-state index in [4.69, 9.17) is 15.0 Å². The Hall–Kier alpha value is -2.05. The molecule has 0 saturated carbocycles. The molecule has 0 amide bonds. The van der Waals surface area contributed by atoms with E-state index in [9.17, 15) is 0 Å². The van der Waals surface area contributed by atoms with Crippen LogP contribution in [0.15, 0.2) is 24.4 Å². The lowest BCUT2D eigenvalue weighted by molar-refractivity contribution is 0.173. The van der Waals surface area contributed by atoms with Crippen molar-refractivity contribution >= 4 is 5.82 Å². The monoisotopic (exact) mass is 410 g/mol. The van der Waals surface area contributed by atoms with E-state index >= 15 is 0 Å². The Morgan fingerprint density at radius 3 is 2.63 bits per heavy atom. The third-order valence-corrected chi connectivity index (χ3v) is 6.08. The molecule has 0 radical (unpaired) electrons. The summed E-state index contributed by atoms with van der Waals surface area (Å²) in [4.78, 5) is 21.5. The van der Waals surface area contributed by atoms with Gasteiger partial charge in [-0.2, -0.15) is 0 Å². The Labute approximate surface area is 182 Å². The molecule has 1 fully saturated rings. The topological polar surface area (TPSA) is 48.4 Å². The van der Waals surface area contributed by atoms with Crippen LogP contribution in [0.3, 0.4) is 0 Å². The van der Waals surface area contributed by atoms with E-state index in [1.165, 1.54) is 24.1 Å². The van der Waals surface area contributed by atoms with Crippen molar-refractivity contribution in [3.63, 3.8) is 0 Å². The molecule has 2 aliphatic rings. The molecule has 6 nitrogen and oxygen atoms in total. The molecule has 2 aromatic heterocycles. The fourth-order valence-electron chi connectivity index (χ4n) is 4.48. The van der Waals surface area contributed by atoms with Crippen LogP contribution < -0.4 is 4.90 Å². The number of rotatable bonds is 5. The van der Waals surface area contributed by atoms with Crippen LogP contribution in [0.25, 0.3) is 0 Å². The summed E-state index contributed by atoms with van der Waals surface area (Å²) < 4.78 is 0. The minimum absolute atomic E-state index is 0.386. The number of hydrogen-bond donors (Lipinski definition) is 0. The minimum Gasteiger partial charge on any atom is -0.354 e. The Morgan fingerprint density at radius 2 is 1.90 bits per heavy atom. The molecule has 0 bridgehead atoms. The van der Waals surface area contributed by atoms with Crippen LogP contribution in [-0.4, -0.2) is 64.5 Å². The van der Waals surface area contributed by atoms with Gasteiger partial charge in [0, 0.05) is 45.0 Å². The van der Waals surface area contributed by atoms with Crippen molar-refractivity contribution in [2.24, 2.45) is 0 Å². The van der Waals surface area contributed by atoms with E-state index < -0.39 is 0 Å². The van der Waals surface area contributed by atoms with E-state index in [-0.39, 0.29) is 0 Å². The molecule has 1 saturated heterocycles. The number of fused-ring (bicyclic) bond motifs is 1. The Bertz CT molecular complexity index is 800. The van der Waals surface area contributed by atoms with Crippen molar-refractivity contribution in [2.45, 2.75) is 59.5 Å². The van der Waals surface area contributed by atoms with Crippen LogP contribution in [0.2, 0.25) is 0 Å². The molecule has 2 aromatic rings. The molecule has 1 atom stereocenters. The van der Waals surface area contributed by atoms with E-state index in [1.54, 1.807) is 0 Å². The maximum absolute atomic E-state index is 4.77. The van der Waals surface area contributed by atoms with Crippen LogP contribution >= 0.6 is 0 Å². The van der Waals surface area contributed by atoms with Crippen LogP contribution in [-0.2, 0) is 13.0 Å². The maximum Gasteiger partial charge on any atom is 0.132 e. The second-order valence-electron chi connectivity index (χ2n) is 8.07. The van der Waals surface area contributed by atoms with Crippen molar-refractivity contribution in [3.8, 4) is 0 Å². The number of aryl methyl sites for hydroxylation is 2. The highest BCUT2D eigenvalue weighted by molar-refractivity contribution is 5.40. The molecular formula is C24H38N6. The zero-order chi connectivity index (χ0) is 21.5. The second kappa shape index (κ2) is 10.8. The van der Waals surface area contributed by atoms with Gasteiger partial charge in [-0.3, -0.25) is 9.88 Å². The molecular weight excluding hydrogens is 372 g/mol. The van der Waals surface area contributed by atoms with Gasteiger partial charge in [-0.1, -0.05) is 26.8 Å². The van der Waals surface area contributed by atoms with Gasteiger partial charge in [0.2, 0.25) is 0 Å². The first kappa shape index (κ1) is 22.6. The van der Waals surface area contributed by atoms with Crippen molar-refractivity contribution in [1.82, 2.24) is 24.8 Å². The standard InChI is InChI=1S/C22H32N6.C2H6/c1-4-27(20-9-5-7-18-8-6-10-23-22(18)20)16-19-15-21(25-17(2)24-19)28-13-11-26(3)12-14-28;1-2/h6,8,10,15,20H,4-5,7,9,11-14,16H2,1-3H3;1-2H3. The third kappa shape index (κ3) is 5.35. The van der Waals surface area contributed by atoms with Crippen molar-refractivity contribution < 1.29 is 0 Å². The van der Waals surface area contributed by atoms with E-state index in [2.05, 4.69) is 46.9 Å². The number of likely N-dealkylation sites (N-methyl/N-ethyl adjacent to an activating group) is 1. The zero-order valence-electron chi connectivity index (χ0n) is 19.4. The number of piperazine rings is 1. The number of pyridine rings is 1. The highest BCUT2D eigenvalue weighted by Gasteiger charge is 2.27. The molecule has 6 heteroatoms. The van der Waals surface area contributed by atoms with Gasteiger partial charge in [0.1, 0.15) is 11.6 Å². The van der Waals surface area contributed by atoms with Crippen LogP contribution in [0.4, 0.5) is 5.82 Å². The smallest absolute Gasteiger partial charge is 0.132 e.